The lowest BCUT2D eigenvalue weighted by atomic mass is 10.1. The molecule has 1 aliphatic heterocycles. The van der Waals surface area contributed by atoms with Gasteiger partial charge in [0.2, 0.25) is 0 Å². The number of para-hydroxylation sites is 1. The van der Waals surface area contributed by atoms with Crippen molar-refractivity contribution >= 4 is 11.4 Å². The van der Waals surface area contributed by atoms with Crippen LogP contribution >= 0.6 is 0 Å². The maximum atomic E-state index is 11.3. The zero-order valence-corrected chi connectivity index (χ0v) is 11.7. The fourth-order valence-electron chi connectivity index (χ4n) is 2.48. The van der Waals surface area contributed by atoms with Gasteiger partial charge in [-0.3, -0.25) is 10.1 Å². The highest BCUT2D eigenvalue weighted by molar-refractivity contribution is 5.68. The highest BCUT2D eigenvalue weighted by Crippen LogP contribution is 2.35. The Morgan fingerprint density at radius 3 is 3.05 bits per heavy atom. The minimum absolute atomic E-state index is 0.0338. The van der Waals surface area contributed by atoms with Gasteiger partial charge < -0.3 is 15.4 Å². The first-order valence-corrected chi connectivity index (χ1v) is 7.09. The fourth-order valence-corrected chi connectivity index (χ4v) is 2.48. The molecule has 20 heavy (non-hydrogen) atoms. The summed E-state index contributed by atoms with van der Waals surface area (Å²) >= 11 is 0. The first-order valence-electron chi connectivity index (χ1n) is 7.09. The van der Waals surface area contributed by atoms with Crippen LogP contribution < -0.4 is 15.4 Å². The summed E-state index contributed by atoms with van der Waals surface area (Å²) in [6.07, 6.45) is 3.07. The van der Waals surface area contributed by atoms with Crippen molar-refractivity contribution in [2.24, 2.45) is 0 Å². The van der Waals surface area contributed by atoms with E-state index in [4.69, 9.17) is 4.74 Å². The maximum Gasteiger partial charge on any atom is 0.333 e. The van der Waals surface area contributed by atoms with E-state index < -0.39 is 0 Å². The van der Waals surface area contributed by atoms with Gasteiger partial charge in [0, 0.05) is 6.04 Å². The average molecular weight is 279 g/mol. The standard InChI is InChI=1S/C14H21N3O3/c1-2-20-13-7-3-6-12(14(13)17(18)19)16-11-5-4-9-15-10-8-11/h3,6-7,11,15-16H,2,4-5,8-10H2,1H3. The van der Waals surface area contributed by atoms with E-state index in [0.29, 0.717) is 18.0 Å². The fraction of sp³-hybridized carbons (Fsp3) is 0.571. The van der Waals surface area contributed by atoms with E-state index in [-0.39, 0.29) is 16.7 Å². The van der Waals surface area contributed by atoms with E-state index >= 15 is 0 Å². The average Bonchev–Trinajstić information content (AvgIpc) is 2.67. The summed E-state index contributed by atoms with van der Waals surface area (Å²) in [4.78, 5) is 10.9. The van der Waals surface area contributed by atoms with E-state index in [2.05, 4.69) is 10.6 Å². The lowest BCUT2D eigenvalue weighted by Gasteiger charge is -2.18. The number of hydrogen-bond acceptors (Lipinski definition) is 5. The molecule has 6 nitrogen and oxygen atoms in total. The van der Waals surface area contributed by atoms with Crippen LogP contribution in [0.2, 0.25) is 0 Å². The Bertz CT molecular complexity index is 457. The molecule has 1 unspecified atom stereocenters. The van der Waals surface area contributed by atoms with Crippen molar-refractivity contribution in [2.75, 3.05) is 25.0 Å². The highest BCUT2D eigenvalue weighted by atomic mass is 16.6. The van der Waals surface area contributed by atoms with Gasteiger partial charge in [-0.15, -0.1) is 0 Å². The summed E-state index contributed by atoms with van der Waals surface area (Å²) < 4.78 is 5.36. The molecule has 0 aliphatic carbocycles. The summed E-state index contributed by atoms with van der Waals surface area (Å²) in [5.41, 5.74) is 0.583. The lowest BCUT2D eigenvalue weighted by Crippen LogP contribution is -2.22. The van der Waals surface area contributed by atoms with E-state index in [1.807, 2.05) is 6.92 Å². The molecule has 1 aromatic rings. The van der Waals surface area contributed by atoms with Crippen LogP contribution in [-0.4, -0.2) is 30.7 Å². The minimum atomic E-state index is -0.373. The van der Waals surface area contributed by atoms with Gasteiger partial charge in [0.15, 0.2) is 5.75 Å². The molecule has 0 radical (unpaired) electrons. The van der Waals surface area contributed by atoms with Crippen molar-refractivity contribution in [3.8, 4) is 5.75 Å². The van der Waals surface area contributed by atoms with Gasteiger partial charge in [-0.2, -0.15) is 0 Å². The molecule has 0 spiro atoms. The Hall–Kier alpha value is -1.82. The zero-order valence-electron chi connectivity index (χ0n) is 11.7. The number of benzene rings is 1. The van der Waals surface area contributed by atoms with Crippen molar-refractivity contribution in [3.05, 3.63) is 28.3 Å². The van der Waals surface area contributed by atoms with Crippen molar-refractivity contribution < 1.29 is 9.66 Å². The zero-order chi connectivity index (χ0) is 14.4. The molecule has 6 heteroatoms. The second kappa shape index (κ2) is 7.09. The third-order valence-corrected chi connectivity index (χ3v) is 3.42. The van der Waals surface area contributed by atoms with Crippen LogP contribution in [0.15, 0.2) is 18.2 Å². The summed E-state index contributed by atoms with van der Waals surface area (Å²) in [7, 11) is 0. The van der Waals surface area contributed by atoms with Gasteiger partial charge in [-0.1, -0.05) is 6.07 Å². The topological polar surface area (TPSA) is 76.4 Å². The smallest absolute Gasteiger partial charge is 0.333 e. The molecule has 0 aromatic heterocycles. The number of rotatable bonds is 5. The van der Waals surface area contributed by atoms with E-state index in [0.717, 1.165) is 32.4 Å². The molecule has 2 rings (SSSR count). The monoisotopic (exact) mass is 279 g/mol. The number of nitro benzene ring substituents is 1. The molecular formula is C14H21N3O3. The van der Waals surface area contributed by atoms with E-state index in [9.17, 15) is 10.1 Å². The van der Waals surface area contributed by atoms with Gasteiger partial charge in [-0.05, 0) is 51.4 Å². The lowest BCUT2D eigenvalue weighted by molar-refractivity contribution is -0.385. The Kier molecular flexibility index (Phi) is 5.17. The van der Waals surface area contributed by atoms with Crippen LogP contribution in [0, 0.1) is 10.1 Å². The van der Waals surface area contributed by atoms with Crippen LogP contribution in [0.3, 0.4) is 0 Å². The first kappa shape index (κ1) is 14.6. The number of ether oxygens (including phenoxy) is 1. The predicted molar refractivity (Wildman–Crippen MR) is 78.4 cm³/mol. The minimum Gasteiger partial charge on any atom is -0.487 e. The molecule has 1 fully saturated rings. The van der Waals surface area contributed by atoms with Crippen LogP contribution in [-0.2, 0) is 0 Å². The molecule has 1 aromatic carbocycles. The van der Waals surface area contributed by atoms with Crippen molar-refractivity contribution in [3.63, 3.8) is 0 Å². The number of anilines is 1. The molecule has 0 bridgehead atoms. The van der Waals surface area contributed by atoms with Gasteiger partial charge in [0.05, 0.1) is 11.5 Å². The summed E-state index contributed by atoms with van der Waals surface area (Å²) in [6.45, 7) is 4.19. The predicted octanol–water partition coefficient (Wildman–Crippen LogP) is 2.55. The Morgan fingerprint density at radius 1 is 1.45 bits per heavy atom. The molecular weight excluding hydrogens is 258 g/mol. The SMILES string of the molecule is CCOc1cccc(NC2CCCNCC2)c1[N+](=O)[O-]. The summed E-state index contributed by atoms with van der Waals surface area (Å²) in [6, 6.07) is 5.44. The molecule has 110 valence electrons. The second-order valence-electron chi connectivity index (χ2n) is 4.86. The van der Waals surface area contributed by atoms with Crippen molar-refractivity contribution in [1.29, 1.82) is 0 Å². The molecule has 1 saturated heterocycles. The van der Waals surface area contributed by atoms with Crippen LogP contribution in [0.5, 0.6) is 5.75 Å². The largest absolute Gasteiger partial charge is 0.487 e. The Balaban J connectivity index is 2.21. The number of hydrogen-bond donors (Lipinski definition) is 2. The summed E-state index contributed by atoms with van der Waals surface area (Å²) in [5, 5.41) is 17.9. The molecule has 1 aliphatic rings. The van der Waals surface area contributed by atoms with Gasteiger partial charge in [0.1, 0.15) is 5.69 Å². The first-order chi connectivity index (χ1) is 9.72. The third-order valence-electron chi connectivity index (χ3n) is 3.42. The van der Waals surface area contributed by atoms with Gasteiger partial charge in [0.25, 0.3) is 0 Å². The molecule has 0 saturated carbocycles. The number of nitrogens with zero attached hydrogens (tertiary/aromatic N) is 1. The number of nitro groups is 1. The van der Waals surface area contributed by atoms with Crippen LogP contribution in [0.1, 0.15) is 26.2 Å². The Morgan fingerprint density at radius 2 is 2.30 bits per heavy atom. The molecule has 0 amide bonds. The van der Waals surface area contributed by atoms with Crippen molar-refractivity contribution in [2.45, 2.75) is 32.2 Å². The molecule has 2 N–H and O–H groups in total. The van der Waals surface area contributed by atoms with Crippen LogP contribution in [0.4, 0.5) is 11.4 Å². The third kappa shape index (κ3) is 3.60. The second-order valence-corrected chi connectivity index (χ2v) is 4.86. The van der Waals surface area contributed by atoms with Gasteiger partial charge in [-0.25, -0.2) is 0 Å². The van der Waals surface area contributed by atoms with Crippen LogP contribution in [0.25, 0.3) is 0 Å². The Labute approximate surface area is 118 Å². The van der Waals surface area contributed by atoms with Gasteiger partial charge >= 0.3 is 5.69 Å². The highest BCUT2D eigenvalue weighted by Gasteiger charge is 2.23. The molecule has 1 atom stereocenters. The molecule has 1 heterocycles. The number of nitrogens with one attached hydrogen (secondary N) is 2. The summed E-state index contributed by atoms with van der Waals surface area (Å²) in [5.74, 6) is 0.328. The van der Waals surface area contributed by atoms with E-state index in [1.54, 1.807) is 18.2 Å². The quantitative estimate of drug-likeness (QED) is 0.640. The normalized spacial score (nSPS) is 19.1. The maximum absolute atomic E-state index is 11.3. The van der Waals surface area contributed by atoms with E-state index in [1.165, 1.54) is 0 Å². The van der Waals surface area contributed by atoms with Crippen molar-refractivity contribution in [1.82, 2.24) is 5.32 Å².